The number of nitrogens with zero attached hydrogens (tertiary/aromatic N) is 2. The van der Waals surface area contributed by atoms with Crippen LogP contribution < -0.4 is 5.32 Å². The number of nitrogens with one attached hydrogen (secondary N) is 1. The van der Waals surface area contributed by atoms with E-state index in [4.69, 9.17) is 0 Å². The lowest BCUT2D eigenvalue weighted by molar-refractivity contribution is -0.384. The maximum absolute atomic E-state index is 12.4. The zero-order valence-electron chi connectivity index (χ0n) is 12.9. The molecule has 2 aromatic rings. The number of carbonyl (C=O) groups excluding carboxylic acids is 2. The fourth-order valence-electron chi connectivity index (χ4n) is 2.64. The van der Waals surface area contributed by atoms with E-state index in [0.29, 0.717) is 17.8 Å². The Bertz CT molecular complexity index is 817. The summed E-state index contributed by atoms with van der Waals surface area (Å²) in [4.78, 5) is 36.4. The number of hydrogen-bond acceptors (Lipinski definition) is 4. The molecule has 1 N–H and O–H groups in total. The van der Waals surface area contributed by atoms with E-state index in [1.807, 2.05) is 12.1 Å². The first-order chi connectivity index (χ1) is 11.5. The summed E-state index contributed by atoms with van der Waals surface area (Å²) in [6.07, 6.45) is 0. The monoisotopic (exact) mass is 325 g/mol. The van der Waals surface area contributed by atoms with Gasteiger partial charge in [0.05, 0.1) is 4.92 Å². The Morgan fingerprint density at radius 2 is 1.88 bits per heavy atom. The van der Waals surface area contributed by atoms with Crippen LogP contribution in [0.3, 0.4) is 0 Å². The van der Waals surface area contributed by atoms with Gasteiger partial charge in [0.1, 0.15) is 6.04 Å². The topological polar surface area (TPSA) is 92.5 Å². The van der Waals surface area contributed by atoms with Crippen molar-refractivity contribution in [3.05, 3.63) is 69.8 Å². The van der Waals surface area contributed by atoms with Gasteiger partial charge >= 0.3 is 0 Å². The van der Waals surface area contributed by atoms with E-state index in [1.165, 1.54) is 29.2 Å². The van der Waals surface area contributed by atoms with Crippen molar-refractivity contribution in [1.29, 1.82) is 0 Å². The Morgan fingerprint density at radius 3 is 2.50 bits per heavy atom. The maximum atomic E-state index is 12.4. The van der Waals surface area contributed by atoms with Crippen LogP contribution in [0.4, 0.5) is 11.4 Å². The fourth-order valence-corrected chi connectivity index (χ4v) is 2.64. The number of anilines is 1. The highest BCUT2D eigenvalue weighted by molar-refractivity contribution is 6.03. The highest BCUT2D eigenvalue weighted by atomic mass is 16.6. The van der Waals surface area contributed by atoms with Gasteiger partial charge in [0.2, 0.25) is 5.91 Å². The van der Waals surface area contributed by atoms with Gasteiger partial charge < -0.3 is 10.2 Å². The summed E-state index contributed by atoms with van der Waals surface area (Å²) in [6, 6.07) is 12.2. The molecule has 2 aromatic carbocycles. The Morgan fingerprint density at radius 1 is 1.21 bits per heavy atom. The molecule has 24 heavy (non-hydrogen) atoms. The van der Waals surface area contributed by atoms with Crippen molar-refractivity contribution >= 4 is 23.2 Å². The number of carbonyl (C=O) groups is 2. The van der Waals surface area contributed by atoms with Crippen LogP contribution in [0, 0.1) is 10.1 Å². The summed E-state index contributed by atoms with van der Waals surface area (Å²) < 4.78 is 0. The van der Waals surface area contributed by atoms with Gasteiger partial charge in [0.25, 0.3) is 11.6 Å². The maximum Gasteiger partial charge on any atom is 0.269 e. The summed E-state index contributed by atoms with van der Waals surface area (Å²) >= 11 is 0. The van der Waals surface area contributed by atoms with E-state index in [9.17, 15) is 19.7 Å². The average Bonchev–Trinajstić information content (AvgIpc) is 2.92. The smallest absolute Gasteiger partial charge is 0.269 e. The quantitative estimate of drug-likeness (QED) is 0.690. The second-order valence-electron chi connectivity index (χ2n) is 5.56. The molecule has 0 radical (unpaired) electrons. The molecular weight excluding hydrogens is 310 g/mol. The summed E-state index contributed by atoms with van der Waals surface area (Å²) in [6.45, 7) is 2.05. The molecule has 0 saturated carbocycles. The van der Waals surface area contributed by atoms with Crippen LogP contribution in [0.2, 0.25) is 0 Å². The molecule has 2 amide bonds. The molecule has 1 aliphatic rings. The SMILES string of the molecule is C[C@H](C(=O)Nc1ccc([N+](=O)[O-])cc1)N1Cc2ccccc2C1=O. The Balaban J connectivity index is 1.70. The first-order valence-electron chi connectivity index (χ1n) is 7.41. The lowest BCUT2D eigenvalue weighted by Gasteiger charge is -2.23. The molecule has 0 unspecified atom stereocenters. The Kier molecular flexibility index (Phi) is 3.99. The van der Waals surface area contributed by atoms with Crippen LogP contribution in [0.1, 0.15) is 22.8 Å². The Labute approximate surface area is 138 Å². The third-order valence-corrected chi connectivity index (χ3v) is 4.04. The molecule has 0 aromatic heterocycles. The molecule has 7 nitrogen and oxygen atoms in total. The first-order valence-corrected chi connectivity index (χ1v) is 7.41. The van der Waals surface area contributed by atoms with Crippen molar-refractivity contribution < 1.29 is 14.5 Å². The normalized spacial score (nSPS) is 14.2. The molecule has 1 atom stereocenters. The average molecular weight is 325 g/mol. The van der Waals surface area contributed by atoms with Crippen LogP contribution in [0.15, 0.2) is 48.5 Å². The van der Waals surface area contributed by atoms with Gasteiger partial charge in [0.15, 0.2) is 0 Å². The molecule has 122 valence electrons. The van der Waals surface area contributed by atoms with Crippen molar-refractivity contribution in [2.45, 2.75) is 19.5 Å². The number of hydrogen-bond donors (Lipinski definition) is 1. The summed E-state index contributed by atoms with van der Waals surface area (Å²) in [7, 11) is 0. The molecule has 0 spiro atoms. The van der Waals surface area contributed by atoms with Crippen LogP contribution >= 0.6 is 0 Å². The zero-order chi connectivity index (χ0) is 17.3. The van der Waals surface area contributed by atoms with Gasteiger partial charge in [-0.2, -0.15) is 0 Å². The van der Waals surface area contributed by atoms with E-state index in [-0.39, 0.29) is 17.5 Å². The number of amides is 2. The molecule has 7 heteroatoms. The van der Waals surface area contributed by atoms with Crippen LogP contribution in [-0.4, -0.2) is 27.7 Å². The van der Waals surface area contributed by atoms with Crippen LogP contribution in [0.5, 0.6) is 0 Å². The van der Waals surface area contributed by atoms with E-state index in [2.05, 4.69) is 5.32 Å². The molecule has 0 bridgehead atoms. The number of fused-ring (bicyclic) bond motifs is 1. The van der Waals surface area contributed by atoms with Gasteiger partial charge in [-0.25, -0.2) is 0 Å². The van der Waals surface area contributed by atoms with Gasteiger partial charge in [-0.15, -0.1) is 0 Å². The van der Waals surface area contributed by atoms with E-state index in [0.717, 1.165) is 5.56 Å². The molecule has 0 fully saturated rings. The van der Waals surface area contributed by atoms with Gasteiger partial charge in [-0.05, 0) is 30.7 Å². The summed E-state index contributed by atoms with van der Waals surface area (Å²) in [5.41, 5.74) is 1.91. The third-order valence-electron chi connectivity index (χ3n) is 4.04. The van der Waals surface area contributed by atoms with Gasteiger partial charge in [-0.1, -0.05) is 18.2 Å². The zero-order valence-corrected chi connectivity index (χ0v) is 12.9. The molecule has 3 rings (SSSR count). The lowest BCUT2D eigenvalue weighted by atomic mass is 10.1. The highest BCUT2D eigenvalue weighted by Crippen LogP contribution is 2.25. The number of non-ortho nitro benzene ring substituents is 1. The minimum Gasteiger partial charge on any atom is -0.324 e. The van der Waals surface area contributed by atoms with Crippen molar-refractivity contribution in [2.24, 2.45) is 0 Å². The minimum absolute atomic E-state index is 0.0498. The molecular formula is C17H15N3O4. The largest absolute Gasteiger partial charge is 0.324 e. The fraction of sp³-hybridized carbons (Fsp3) is 0.176. The standard InChI is InChI=1S/C17H15N3O4/c1-11(19-10-12-4-2-3-5-15(12)17(19)22)16(21)18-13-6-8-14(9-7-13)20(23)24/h2-9,11H,10H2,1H3,(H,18,21)/t11-/m1/s1. The van der Waals surface area contributed by atoms with Crippen molar-refractivity contribution in [3.63, 3.8) is 0 Å². The predicted molar refractivity (Wildman–Crippen MR) is 87.5 cm³/mol. The third kappa shape index (κ3) is 2.83. The van der Waals surface area contributed by atoms with Crippen molar-refractivity contribution in [2.75, 3.05) is 5.32 Å². The van der Waals surface area contributed by atoms with Crippen LogP contribution in [0.25, 0.3) is 0 Å². The molecule has 0 aliphatic carbocycles. The minimum atomic E-state index is -0.653. The molecule has 0 saturated heterocycles. The number of nitro groups is 1. The van der Waals surface area contributed by atoms with E-state index < -0.39 is 11.0 Å². The summed E-state index contributed by atoms with van der Waals surface area (Å²) in [5.74, 6) is -0.512. The second-order valence-corrected chi connectivity index (χ2v) is 5.56. The predicted octanol–water partition coefficient (Wildman–Crippen LogP) is 2.58. The first kappa shape index (κ1) is 15.7. The van der Waals surface area contributed by atoms with Crippen molar-refractivity contribution in [1.82, 2.24) is 4.90 Å². The molecule has 1 heterocycles. The van der Waals surface area contributed by atoms with Crippen molar-refractivity contribution in [3.8, 4) is 0 Å². The van der Waals surface area contributed by atoms with E-state index in [1.54, 1.807) is 19.1 Å². The number of rotatable bonds is 4. The number of benzene rings is 2. The highest BCUT2D eigenvalue weighted by Gasteiger charge is 2.33. The summed E-state index contributed by atoms with van der Waals surface area (Å²) in [5, 5.41) is 13.3. The van der Waals surface area contributed by atoms with Gasteiger partial charge in [0, 0.05) is 29.9 Å². The second kappa shape index (κ2) is 6.11. The molecule has 1 aliphatic heterocycles. The van der Waals surface area contributed by atoms with Gasteiger partial charge in [-0.3, -0.25) is 19.7 Å². The lowest BCUT2D eigenvalue weighted by Crippen LogP contribution is -2.42. The van der Waals surface area contributed by atoms with Crippen LogP contribution in [-0.2, 0) is 11.3 Å². The Hall–Kier alpha value is -3.22. The van der Waals surface area contributed by atoms with E-state index >= 15 is 0 Å². The number of nitro benzene ring substituents is 1.